The zero-order chi connectivity index (χ0) is 20.8. The first kappa shape index (κ1) is 18.9. The number of anilines is 1. The van der Waals surface area contributed by atoms with E-state index in [-0.39, 0.29) is 22.0 Å². The minimum atomic E-state index is -4.75. The normalized spacial score (nSPS) is 12.4. The van der Waals surface area contributed by atoms with Crippen molar-refractivity contribution in [3.8, 4) is 11.4 Å². The Bertz CT molecular complexity index is 1300. The molecular weight excluding hydrogens is 413 g/mol. The molecule has 0 aliphatic carbocycles. The molecular formula is C16H11F3N6O3S. The van der Waals surface area contributed by atoms with E-state index in [9.17, 15) is 21.6 Å². The number of nitrogens with one attached hydrogen (secondary N) is 1. The lowest BCUT2D eigenvalue weighted by Gasteiger charge is -2.08. The Morgan fingerprint density at radius 1 is 1.14 bits per heavy atom. The number of nitrogens with zero attached hydrogens (tertiary/aromatic N) is 5. The van der Waals surface area contributed by atoms with Crippen LogP contribution < -0.4 is 4.72 Å². The van der Waals surface area contributed by atoms with E-state index in [4.69, 9.17) is 0 Å². The standard InChI is InChI=1S/C16H11F3N6O3S/c1-25-14-10(7-21-25)6-12(8-20-14)29(26,27)24-11-4-2-9(3-5-11)13-22-15(28-23-13)16(17,18)19/h2-8,24H,1H3. The zero-order valence-corrected chi connectivity index (χ0v) is 15.4. The molecule has 3 heterocycles. The second-order valence-corrected chi connectivity index (χ2v) is 7.64. The Morgan fingerprint density at radius 3 is 2.52 bits per heavy atom. The highest BCUT2D eigenvalue weighted by atomic mass is 32.2. The van der Waals surface area contributed by atoms with Crippen LogP contribution in [0.3, 0.4) is 0 Å². The molecule has 150 valence electrons. The lowest BCUT2D eigenvalue weighted by atomic mass is 10.2. The summed E-state index contributed by atoms with van der Waals surface area (Å²) in [6.07, 6.45) is -2.04. The highest BCUT2D eigenvalue weighted by Gasteiger charge is 2.38. The lowest BCUT2D eigenvalue weighted by Crippen LogP contribution is -2.13. The van der Waals surface area contributed by atoms with Crippen LogP contribution in [-0.4, -0.2) is 33.3 Å². The van der Waals surface area contributed by atoms with Gasteiger partial charge in [0.25, 0.3) is 10.0 Å². The molecule has 4 rings (SSSR count). The summed E-state index contributed by atoms with van der Waals surface area (Å²) in [4.78, 5) is 7.30. The summed E-state index contributed by atoms with van der Waals surface area (Å²) in [5.74, 6) is -1.73. The first-order valence-electron chi connectivity index (χ1n) is 7.95. The topological polar surface area (TPSA) is 116 Å². The monoisotopic (exact) mass is 424 g/mol. The van der Waals surface area contributed by atoms with Gasteiger partial charge in [-0.05, 0) is 30.3 Å². The summed E-state index contributed by atoms with van der Waals surface area (Å²) in [5, 5.41) is 7.84. The highest BCUT2D eigenvalue weighted by Crippen LogP contribution is 2.29. The van der Waals surface area contributed by atoms with E-state index in [2.05, 4.69) is 29.5 Å². The number of aromatic nitrogens is 5. The minimum absolute atomic E-state index is 0.0601. The fraction of sp³-hybridized carbons (Fsp3) is 0.125. The molecule has 0 radical (unpaired) electrons. The highest BCUT2D eigenvalue weighted by molar-refractivity contribution is 7.92. The van der Waals surface area contributed by atoms with Gasteiger partial charge in [0, 0.05) is 29.9 Å². The summed E-state index contributed by atoms with van der Waals surface area (Å²) >= 11 is 0. The Balaban J connectivity index is 1.56. The average molecular weight is 424 g/mol. The Labute approximate surface area is 161 Å². The van der Waals surface area contributed by atoms with Crippen LogP contribution in [0.5, 0.6) is 0 Å². The SMILES string of the molecule is Cn1ncc2cc(S(=O)(=O)Nc3ccc(-c4noc(C(F)(F)F)n4)cc3)cnc21. The Hall–Kier alpha value is -3.48. The quantitative estimate of drug-likeness (QED) is 0.536. The van der Waals surface area contributed by atoms with Crippen molar-refractivity contribution in [2.24, 2.45) is 7.05 Å². The molecule has 0 saturated heterocycles. The van der Waals surface area contributed by atoms with Crippen molar-refractivity contribution < 1.29 is 26.1 Å². The first-order chi connectivity index (χ1) is 13.6. The zero-order valence-electron chi connectivity index (χ0n) is 14.5. The number of hydrogen-bond donors (Lipinski definition) is 1. The molecule has 1 aromatic carbocycles. The van der Waals surface area contributed by atoms with Gasteiger partial charge >= 0.3 is 12.1 Å². The molecule has 4 aromatic rings. The molecule has 0 fully saturated rings. The maximum atomic E-state index is 12.6. The van der Waals surface area contributed by atoms with Gasteiger partial charge in [-0.3, -0.25) is 9.40 Å². The second kappa shape index (κ2) is 6.55. The van der Waals surface area contributed by atoms with E-state index in [1.165, 1.54) is 47.4 Å². The van der Waals surface area contributed by atoms with E-state index in [1.54, 1.807) is 7.05 Å². The van der Waals surface area contributed by atoms with E-state index in [0.717, 1.165) is 0 Å². The molecule has 29 heavy (non-hydrogen) atoms. The van der Waals surface area contributed by atoms with Crippen LogP contribution in [-0.2, 0) is 23.2 Å². The number of aryl methyl sites for hydroxylation is 1. The van der Waals surface area contributed by atoms with Crippen molar-refractivity contribution in [2.75, 3.05) is 4.72 Å². The predicted octanol–water partition coefficient (Wildman–Crippen LogP) is 2.84. The van der Waals surface area contributed by atoms with Crippen LogP contribution in [0.4, 0.5) is 18.9 Å². The summed E-state index contributed by atoms with van der Waals surface area (Å²) in [7, 11) is -2.25. The van der Waals surface area contributed by atoms with Crippen molar-refractivity contribution in [1.82, 2.24) is 24.9 Å². The van der Waals surface area contributed by atoms with Gasteiger partial charge < -0.3 is 4.52 Å². The summed E-state index contributed by atoms with van der Waals surface area (Å²) in [6, 6.07) is 6.90. The summed E-state index contributed by atoms with van der Waals surface area (Å²) in [5.41, 5.74) is 0.955. The number of benzene rings is 1. The van der Waals surface area contributed by atoms with Gasteiger partial charge in [0.15, 0.2) is 5.65 Å². The largest absolute Gasteiger partial charge is 0.471 e. The number of sulfonamides is 1. The fourth-order valence-electron chi connectivity index (χ4n) is 2.53. The second-order valence-electron chi connectivity index (χ2n) is 5.96. The third kappa shape index (κ3) is 3.63. The number of fused-ring (bicyclic) bond motifs is 1. The van der Waals surface area contributed by atoms with Gasteiger partial charge in [-0.2, -0.15) is 23.3 Å². The lowest BCUT2D eigenvalue weighted by molar-refractivity contribution is -0.159. The summed E-state index contributed by atoms with van der Waals surface area (Å²) in [6.45, 7) is 0. The maximum absolute atomic E-state index is 12.6. The molecule has 0 bridgehead atoms. The Kier molecular flexibility index (Phi) is 4.26. The van der Waals surface area contributed by atoms with Crippen LogP contribution in [0.2, 0.25) is 0 Å². The van der Waals surface area contributed by atoms with E-state index in [1.807, 2.05) is 0 Å². The molecule has 0 atom stereocenters. The third-order valence-corrected chi connectivity index (χ3v) is 5.27. The van der Waals surface area contributed by atoms with Crippen molar-refractivity contribution in [1.29, 1.82) is 0 Å². The summed E-state index contributed by atoms with van der Waals surface area (Å²) < 4.78 is 70.9. The predicted molar refractivity (Wildman–Crippen MR) is 94.1 cm³/mol. The van der Waals surface area contributed by atoms with Crippen molar-refractivity contribution in [2.45, 2.75) is 11.1 Å². The molecule has 0 aliphatic rings. The van der Waals surface area contributed by atoms with Crippen molar-refractivity contribution in [3.05, 3.63) is 48.6 Å². The van der Waals surface area contributed by atoms with Gasteiger partial charge in [-0.25, -0.2) is 13.4 Å². The van der Waals surface area contributed by atoms with Crippen molar-refractivity contribution >= 4 is 26.7 Å². The van der Waals surface area contributed by atoms with Crippen LogP contribution in [0.1, 0.15) is 5.89 Å². The molecule has 9 nitrogen and oxygen atoms in total. The number of pyridine rings is 1. The number of halogens is 3. The molecule has 0 saturated carbocycles. The number of rotatable bonds is 4. The number of alkyl halides is 3. The van der Waals surface area contributed by atoms with Gasteiger partial charge in [0.05, 0.1) is 6.20 Å². The third-order valence-electron chi connectivity index (χ3n) is 3.92. The van der Waals surface area contributed by atoms with Crippen LogP contribution >= 0.6 is 0 Å². The minimum Gasteiger partial charge on any atom is -0.329 e. The smallest absolute Gasteiger partial charge is 0.329 e. The van der Waals surface area contributed by atoms with E-state index in [0.29, 0.717) is 11.0 Å². The molecule has 13 heteroatoms. The molecule has 0 amide bonds. The van der Waals surface area contributed by atoms with E-state index < -0.39 is 22.1 Å². The van der Waals surface area contributed by atoms with E-state index >= 15 is 0 Å². The van der Waals surface area contributed by atoms with Gasteiger partial charge in [-0.1, -0.05) is 5.16 Å². The van der Waals surface area contributed by atoms with Gasteiger partial charge in [0.2, 0.25) is 5.82 Å². The van der Waals surface area contributed by atoms with Crippen LogP contribution in [0.25, 0.3) is 22.4 Å². The van der Waals surface area contributed by atoms with Gasteiger partial charge in [-0.15, -0.1) is 0 Å². The van der Waals surface area contributed by atoms with Gasteiger partial charge in [0.1, 0.15) is 4.90 Å². The molecule has 1 N–H and O–H groups in total. The Morgan fingerprint density at radius 2 is 1.86 bits per heavy atom. The molecule has 3 aromatic heterocycles. The van der Waals surface area contributed by atoms with Crippen LogP contribution in [0, 0.1) is 0 Å². The van der Waals surface area contributed by atoms with Crippen molar-refractivity contribution in [3.63, 3.8) is 0 Å². The molecule has 0 spiro atoms. The number of hydrogen-bond acceptors (Lipinski definition) is 7. The fourth-order valence-corrected chi connectivity index (χ4v) is 3.57. The van der Waals surface area contributed by atoms with Crippen LogP contribution in [0.15, 0.2) is 52.1 Å². The maximum Gasteiger partial charge on any atom is 0.471 e. The average Bonchev–Trinajstić information content (AvgIpc) is 3.29. The molecule has 0 aliphatic heterocycles. The first-order valence-corrected chi connectivity index (χ1v) is 9.44. The molecule has 0 unspecified atom stereocenters.